The number of unbranched alkanes of at least 4 members (excludes halogenated alkanes) is 2. The fourth-order valence-electron chi connectivity index (χ4n) is 2.04. The van der Waals surface area contributed by atoms with Gasteiger partial charge in [0.05, 0.1) is 7.11 Å². The van der Waals surface area contributed by atoms with Gasteiger partial charge in [-0.2, -0.15) is 0 Å². The zero-order valence-electron chi connectivity index (χ0n) is 13.7. The van der Waals surface area contributed by atoms with E-state index in [9.17, 15) is 9.18 Å². The van der Waals surface area contributed by atoms with Gasteiger partial charge in [0.25, 0.3) is 0 Å². The lowest BCUT2D eigenvalue weighted by Gasteiger charge is -2.01. The highest BCUT2D eigenvalue weighted by Gasteiger charge is 2.06. The van der Waals surface area contributed by atoms with E-state index in [1.807, 2.05) is 0 Å². The van der Waals surface area contributed by atoms with Crippen LogP contribution in [0.2, 0.25) is 0 Å². The third-order valence-corrected chi connectivity index (χ3v) is 4.19. The Hall–Kier alpha value is -2.28. The van der Waals surface area contributed by atoms with E-state index in [1.54, 1.807) is 6.07 Å². The molecule has 1 N–H and O–H groups in total. The van der Waals surface area contributed by atoms with Crippen molar-refractivity contribution in [3.8, 4) is 5.75 Å². The first kappa shape index (κ1) is 18.1. The third kappa shape index (κ3) is 5.42. The average molecular weight is 349 g/mol. The van der Waals surface area contributed by atoms with Crippen LogP contribution in [-0.4, -0.2) is 23.2 Å². The summed E-state index contributed by atoms with van der Waals surface area (Å²) in [5.74, 6) is -0.635. The molecule has 0 atom stereocenters. The molecule has 0 unspecified atom stereocenters. The van der Waals surface area contributed by atoms with Crippen LogP contribution in [0.3, 0.4) is 0 Å². The van der Waals surface area contributed by atoms with E-state index < -0.39 is 5.82 Å². The Morgan fingerprint density at radius 3 is 2.92 bits per heavy atom. The van der Waals surface area contributed by atoms with Crippen LogP contribution in [0.4, 0.5) is 9.52 Å². The summed E-state index contributed by atoms with van der Waals surface area (Å²) in [5.41, 5.74) is 0.570. The number of rotatable bonds is 8. The van der Waals surface area contributed by atoms with Gasteiger partial charge < -0.3 is 4.74 Å². The van der Waals surface area contributed by atoms with Gasteiger partial charge in [0.15, 0.2) is 11.6 Å². The molecule has 0 spiro atoms. The van der Waals surface area contributed by atoms with Crippen LogP contribution < -0.4 is 10.1 Å². The zero-order valence-corrected chi connectivity index (χ0v) is 14.5. The number of amides is 1. The molecule has 1 aromatic carbocycles. The lowest BCUT2D eigenvalue weighted by atomic mass is 10.2. The Morgan fingerprint density at radius 2 is 2.21 bits per heavy atom. The first-order valence-corrected chi connectivity index (χ1v) is 8.59. The largest absolute Gasteiger partial charge is 0.494 e. The molecule has 0 fully saturated rings. The number of halogens is 1. The molecule has 0 saturated carbocycles. The maximum Gasteiger partial charge on any atom is 0.250 e. The highest BCUT2D eigenvalue weighted by molar-refractivity contribution is 7.15. The number of hydrogen-bond donors (Lipinski definition) is 1. The summed E-state index contributed by atoms with van der Waals surface area (Å²) in [6.07, 6.45) is 7.12. The predicted octanol–water partition coefficient (Wildman–Crippen LogP) is 4.07. The van der Waals surface area contributed by atoms with Gasteiger partial charge >= 0.3 is 0 Å². The van der Waals surface area contributed by atoms with Crippen LogP contribution in [0.5, 0.6) is 5.75 Å². The zero-order chi connectivity index (χ0) is 17.4. The smallest absolute Gasteiger partial charge is 0.250 e. The number of nitrogens with zero attached hydrogens (tertiary/aromatic N) is 2. The molecular weight excluding hydrogens is 329 g/mol. The van der Waals surface area contributed by atoms with Crippen LogP contribution in [-0.2, 0) is 11.2 Å². The Morgan fingerprint density at radius 1 is 1.38 bits per heavy atom. The van der Waals surface area contributed by atoms with Crippen molar-refractivity contribution in [3.05, 3.63) is 40.7 Å². The van der Waals surface area contributed by atoms with Crippen molar-refractivity contribution in [3.63, 3.8) is 0 Å². The molecular formula is C17H20FN3O2S. The molecule has 7 heteroatoms. The fraction of sp³-hybridized carbons (Fsp3) is 0.353. The van der Waals surface area contributed by atoms with E-state index in [-0.39, 0.29) is 11.7 Å². The van der Waals surface area contributed by atoms with E-state index in [0.717, 1.165) is 30.7 Å². The molecule has 2 rings (SSSR count). The second kappa shape index (κ2) is 9.12. The Balaban J connectivity index is 1.89. The van der Waals surface area contributed by atoms with Crippen molar-refractivity contribution >= 4 is 28.5 Å². The van der Waals surface area contributed by atoms with Gasteiger partial charge in [-0.15, -0.1) is 10.2 Å². The maximum absolute atomic E-state index is 13.6. The number of aryl methyl sites for hydroxylation is 1. The van der Waals surface area contributed by atoms with Crippen molar-refractivity contribution in [2.75, 3.05) is 12.4 Å². The number of ether oxygens (including phenoxy) is 1. The van der Waals surface area contributed by atoms with Crippen molar-refractivity contribution in [1.82, 2.24) is 10.2 Å². The number of methoxy groups -OCH3 is 1. The van der Waals surface area contributed by atoms with E-state index in [4.69, 9.17) is 4.74 Å². The number of anilines is 1. The summed E-state index contributed by atoms with van der Waals surface area (Å²) in [4.78, 5) is 11.9. The highest BCUT2D eigenvalue weighted by Crippen LogP contribution is 2.19. The lowest BCUT2D eigenvalue weighted by molar-refractivity contribution is -0.111. The van der Waals surface area contributed by atoms with Crippen LogP contribution in [0.25, 0.3) is 6.08 Å². The summed E-state index contributed by atoms with van der Waals surface area (Å²) < 4.78 is 18.4. The minimum absolute atomic E-state index is 0.168. The number of hydrogen-bond acceptors (Lipinski definition) is 5. The topological polar surface area (TPSA) is 64.1 Å². The van der Waals surface area contributed by atoms with Crippen molar-refractivity contribution in [2.45, 2.75) is 32.6 Å². The average Bonchev–Trinajstić information content (AvgIpc) is 3.00. The van der Waals surface area contributed by atoms with Gasteiger partial charge in [-0.05, 0) is 30.2 Å². The third-order valence-electron chi connectivity index (χ3n) is 3.29. The molecule has 2 aromatic rings. The fourth-order valence-corrected chi connectivity index (χ4v) is 2.82. The standard InChI is InChI=1S/C17H20FN3O2S/c1-3-4-5-6-16-20-21-17(24-16)19-15(22)10-8-12-7-9-14(23-2)13(18)11-12/h7-11H,3-6H2,1-2H3,(H,19,21,22)/b10-8+. The first-order chi connectivity index (χ1) is 11.6. The monoisotopic (exact) mass is 349 g/mol. The summed E-state index contributed by atoms with van der Waals surface area (Å²) in [6, 6.07) is 4.49. The van der Waals surface area contributed by atoms with Crippen molar-refractivity contribution in [1.29, 1.82) is 0 Å². The molecule has 0 aliphatic heterocycles. The van der Waals surface area contributed by atoms with Gasteiger partial charge in [-0.3, -0.25) is 10.1 Å². The quantitative estimate of drug-likeness (QED) is 0.576. The molecule has 0 aliphatic rings. The van der Waals surface area contributed by atoms with Crippen LogP contribution in [0.1, 0.15) is 36.8 Å². The Kier molecular flexibility index (Phi) is 6.87. The maximum atomic E-state index is 13.6. The molecule has 24 heavy (non-hydrogen) atoms. The first-order valence-electron chi connectivity index (χ1n) is 7.77. The van der Waals surface area contributed by atoms with Gasteiger partial charge in [0, 0.05) is 12.5 Å². The van der Waals surface area contributed by atoms with E-state index >= 15 is 0 Å². The van der Waals surface area contributed by atoms with Crippen LogP contribution >= 0.6 is 11.3 Å². The minimum Gasteiger partial charge on any atom is -0.494 e. The number of aromatic nitrogens is 2. The van der Waals surface area contributed by atoms with E-state index in [2.05, 4.69) is 22.4 Å². The minimum atomic E-state index is -0.471. The highest BCUT2D eigenvalue weighted by atomic mass is 32.1. The summed E-state index contributed by atoms with van der Waals surface area (Å²) in [6.45, 7) is 2.15. The second-order valence-corrected chi connectivity index (χ2v) is 6.24. The molecule has 0 aliphatic carbocycles. The van der Waals surface area contributed by atoms with Crippen LogP contribution in [0, 0.1) is 5.82 Å². The molecule has 5 nitrogen and oxygen atoms in total. The van der Waals surface area contributed by atoms with Crippen LogP contribution in [0.15, 0.2) is 24.3 Å². The lowest BCUT2D eigenvalue weighted by Crippen LogP contribution is -2.07. The van der Waals surface area contributed by atoms with Gasteiger partial charge in [-0.1, -0.05) is 37.2 Å². The molecule has 0 saturated heterocycles. The normalized spacial score (nSPS) is 11.0. The molecule has 1 aromatic heterocycles. The summed E-state index contributed by atoms with van der Waals surface area (Å²) in [7, 11) is 1.40. The molecule has 0 radical (unpaired) electrons. The SMILES string of the molecule is CCCCCc1nnc(NC(=O)/C=C/c2ccc(OC)c(F)c2)s1. The van der Waals surface area contributed by atoms with Gasteiger partial charge in [-0.25, -0.2) is 4.39 Å². The van der Waals surface area contributed by atoms with Crippen molar-refractivity contribution < 1.29 is 13.9 Å². The molecule has 128 valence electrons. The number of benzene rings is 1. The molecule has 0 bridgehead atoms. The second-order valence-electron chi connectivity index (χ2n) is 5.17. The Bertz CT molecular complexity index is 716. The summed E-state index contributed by atoms with van der Waals surface area (Å²) in [5, 5.41) is 12.1. The number of carbonyl (C=O) groups is 1. The summed E-state index contributed by atoms with van der Waals surface area (Å²) >= 11 is 1.38. The molecule has 1 heterocycles. The predicted molar refractivity (Wildman–Crippen MR) is 93.8 cm³/mol. The van der Waals surface area contributed by atoms with Crippen molar-refractivity contribution in [2.24, 2.45) is 0 Å². The van der Waals surface area contributed by atoms with Gasteiger partial charge in [0.2, 0.25) is 11.0 Å². The van der Waals surface area contributed by atoms with E-state index in [0.29, 0.717) is 10.7 Å². The van der Waals surface area contributed by atoms with E-state index in [1.165, 1.54) is 42.7 Å². The van der Waals surface area contributed by atoms with Gasteiger partial charge in [0.1, 0.15) is 5.01 Å². The number of nitrogens with one attached hydrogen (secondary N) is 1. The molecule has 1 amide bonds. The number of carbonyl (C=O) groups excluding carboxylic acids is 1. The Labute approximate surface area is 144 Å².